The van der Waals surface area contributed by atoms with Crippen molar-refractivity contribution in [1.29, 1.82) is 0 Å². The number of hydrogen-bond acceptors (Lipinski definition) is 4. The SMILES string of the molecule is CCC1CN(c2cc(CN)cc(C(C)C)n2)CCS1. The molecule has 2 heterocycles. The van der Waals surface area contributed by atoms with E-state index in [1.54, 1.807) is 0 Å². The predicted octanol–water partition coefficient (Wildman–Crippen LogP) is 3.00. The summed E-state index contributed by atoms with van der Waals surface area (Å²) >= 11 is 2.09. The highest BCUT2D eigenvalue weighted by molar-refractivity contribution is 8.00. The van der Waals surface area contributed by atoms with Crippen LogP contribution in [0, 0.1) is 0 Å². The first kappa shape index (κ1) is 14.7. The molecule has 0 aliphatic carbocycles. The van der Waals surface area contributed by atoms with Gasteiger partial charge in [-0.15, -0.1) is 0 Å². The van der Waals surface area contributed by atoms with E-state index in [0.717, 1.165) is 29.9 Å². The Labute approximate surface area is 121 Å². The zero-order valence-electron chi connectivity index (χ0n) is 12.2. The van der Waals surface area contributed by atoms with Crippen LogP contribution in [0.4, 0.5) is 5.82 Å². The van der Waals surface area contributed by atoms with Crippen LogP contribution in [0.25, 0.3) is 0 Å². The van der Waals surface area contributed by atoms with Crippen molar-refractivity contribution in [2.75, 3.05) is 23.7 Å². The van der Waals surface area contributed by atoms with Gasteiger partial charge in [-0.2, -0.15) is 11.8 Å². The van der Waals surface area contributed by atoms with Crippen molar-refractivity contribution in [2.24, 2.45) is 5.73 Å². The van der Waals surface area contributed by atoms with Gasteiger partial charge in [0.15, 0.2) is 0 Å². The molecule has 0 bridgehead atoms. The molecule has 0 spiro atoms. The molecule has 1 aliphatic heterocycles. The number of aromatic nitrogens is 1. The molecule has 2 rings (SSSR count). The predicted molar refractivity (Wildman–Crippen MR) is 85.0 cm³/mol. The minimum atomic E-state index is 0.450. The first-order chi connectivity index (χ1) is 9.13. The number of hydrogen-bond donors (Lipinski definition) is 1. The number of nitrogens with two attached hydrogens (primary N) is 1. The molecule has 1 fully saturated rings. The maximum atomic E-state index is 5.82. The highest BCUT2D eigenvalue weighted by Crippen LogP contribution is 2.26. The molecule has 0 saturated carbocycles. The Balaban J connectivity index is 2.25. The van der Waals surface area contributed by atoms with E-state index in [0.29, 0.717) is 12.5 Å². The Morgan fingerprint density at radius 1 is 1.47 bits per heavy atom. The smallest absolute Gasteiger partial charge is 0.129 e. The lowest BCUT2D eigenvalue weighted by Gasteiger charge is -2.33. The van der Waals surface area contributed by atoms with Gasteiger partial charge in [0.2, 0.25) is 0 Å². The van der Waals surface area contributed by atoms with Crippen LogP contribution in [0.5, 0.6) is 0 Å². The van der Waals surface area contributed by atoms with Gasteiger partial charge in [-0.3, -0.25) is 0 Å². The van der Waals surface area contributed by atoms with Crippen LogP contribution >= 0.6 is 11.8 Å². The molecular formula is C15H25N3S. The summed E-state index contributed by atoms with van der Waals surface area (Å²) in [5, 5.41) is 0.736. The fourth-order valence-electron chi connectivity index (χ4n) is 2.34. The molecule has 1 saturated heterocycles. The lowest BCUT2D eigenvalue weighted by molar-refractivity contribution is 0.712. The van der Waals surface area contributed by atoms with Gasteiger partial charge in [-0.05, 0) is 30.0 Å². The van der Waals surface area contributed by atoms with Crippen LogP contribution in [-0.4, -0.2) is 29.1 Å². The largest absolute Gasteiger partial charge is 0.355 e. The van der Waals surface area contributed by atoms with E-state index in [4.69, 9.17) is 10.7 Å². The second kappa shape index (κ2) is 6.62. The monoisotopic (exact) mass is 279 g/mol. The van der Waals surface area contributed by atoms with Crippen molar-refractivity contribution in [1.82, 2.24) is 4.98 Å². The van der Waals surface area contributed by atoms with E-state index in [9.17, 15) is 0 Å². The van der Waals surface area contributed by atoms with Gasteiger partial charge in [-0.1, -0.05) is 20.8 Å². The summed E-state index contributed by atoms with van der Waals surface area (Å²) in [7, 11) is 0. The quantitative estimate of drug-likeness (QED) is 0.920. The Morgan fingerprint density at radius 2 is 2.26 bits per heavy atom. The molecule has 106 valence electrons. The van der Waals surface area contributed by atoms with Crippen molar-refractivity contribution in [3.05, 3.63) is 23.4 Å². The van der Waals surface area contributed by atoms with Gasteiger partial charge in [0, 0.05) is 36.3 Å². The van der Waals surface area contributed by atoms with Crippen molar-refractivity contribution >= 4 is 17.6 Å². The Kier molecular flexibility index (Phi) is 5.11. The lowest BCUT2D eigenvalue weighted by Crippen LogP contribution is -2.38. The maximum absolute atomic E-state index is 5.82. The molecule has 2 N–H and O–H groups in total. The van der Waals surface area contributed by atoms with Gasteiger partial charge in [0.1, 0.15) is 5.82 Å². The molecular weight excluding hydrogens is 254 g/mol. The third-order valence-electron chi connectivity index (χ3n) is 3.64. The van der Waals surface area contributed by atoms with Crippen LogP contribution in [-0.2, 0) is 6.54 Å². The lowest BCUT2D eigenvalue weighted by atomic mass is 10.1. The molecule has 19 heavy (non-hydrogen) atoms. The third-order valence-corrected chi connectivity index (χ3v) is 5.01. The zero-order valence-corrected chi connectivity index (χ0v) is 13.0. The summed E-state index contributed by atoms with van der Waals surface area (Å²) in [6.45, 7) is 9.44. The molecule has 0 amide bonds. The summed E-state index contributed by atoms with van der Waals surface area (Å²) in [6, 6.07) is 4.30. The molecule has 1 unspecified atom stereocenters. The van der Waals surface area contributed by atoms with Crippen molar-refractivity contribution in [2.45, 2.75) is 44.9 Å². The van der Waals surface area contributed by atoms with Crippen LogP contribution in [0.3, 0.4) is 0 Å². The second-order valence-electron chi connectivity index (χ2n) is 5.46. The Hall–Kier alpha value is -0.740. The standard InChI is InChI=1S/C15H25N3S/c1-4-13-10-18(5-6-19-13)15-8-12(9-16)7-14(17-15)11(2)3/h7-8,11,13H,4-6,9-10,16H2,1-3H3. The topological polar surface area (TPSA) is 42.1 Å². The highest BCUT2D eigenvalue weighted by Gasteiger charge is 2.20. The van der Waals surface area contributed by atoms with E-state index in [1.165, 1.54) is 17.7 Å². The van der Waals surface area contributed by atoms with E-state index in [2.05, 4.69) is 49.6 Å². The number of nitrogens with zero attached hydrogens (tertiary/aromatic N) is 2. The van der Waals surface area contributed by atoms with Crippen molar-refractivity contribution < 1.29 is 0 Å². The Morgan fingerprint density at radius 3 is 2.89 bits per heavy atom. The fraction of sp³-hybridized carbons (Fsp3) is 0.667. The Bertz CT molecular complexity index is 420. The van der Waals surface area contributed by atoms with Crippen molar-refractivity contribution in [3.63, 3.8) is 0 Å². The molecule has 0 aromatic carbocycles. The number of anilines is 1. The van der Waals surface area contributed by atoms with Gasteiger partial charge >= 0.3 is 0 Å². The second-order valence-corrected chi connectivity index (χ2v) is 6.87. The minimum absolute atomic E-state index is 0.450. The molecule has 1 atom stereocenters. The fourth-order valence-corrected chi connectivity index (χ4v) is 3.52. The summed E-state index contributed by atoms with van der Waals surface area (Å²) in [5.41, 5.74) is 8.17. The van der Waals surface area contributed by atoms with E-state index in [-0.39, 0.29) is 0 Å². The van der Waals surface area contributed by atoms with Crippen molar-refractivity contribution in [3.8, 4) is 0 Å². The number of thioether (sulfide) groups is 1. The molecule has 4 heteroatoms. The molecule has 1 aromatic heterocycles. The summed E-state index contributed by atoms with van der Waals surface area (Å²) < 4.78 is 0. The average Bonchev–Trinajstić information content (AvgIpc) is 2.46. The van der Waals surface area contributed by atoms with Crippen LogP contribution in [0.15, 0.2) is 12.1 Å². The zero-order chi connectivity index (χ0) is 13.8. The normalized spacial score (nSPS) is 20.1. The first-order valence-electron chi connectivity index (χ1n) is 7.21. The molecule has 1 aromatic rings. The summed E-state index contributed by atoms with van der Waals surface area (Å²) in [4.78, 5) is 7.26. The maximum Gasteiger partial charge on any atom is 0.129 e. The first-order valence-corrected chi connectivity index (χ1v) is 8.26. The van der Waals surface area contributed by atoms with Gasteiger partial charge in [0.05, 0.1) is 0 Å². The third kappa shape index (κ3) is 3.63. The van der Waals surface area contributed by atoms with Gasteiger partial charge < -0.3 is 10.6 Å². The van der Waals surface area contributed by atoms with Gasteiger partial charge in [-0.25, -0.2) is 4.98 Å². The average molecular weight is 279 g/mol. The summed E-state index contributed by atoms with van der Waals surface area (Å²) in [5.74, 6) is 2.76. The van der Waals surface area contributed by atoms with E-state index in [1.807, 2.05) is 0 Å². The molecule has 3 nitrogen and oxygen atoms in total. The van der Waals surface area contributed by atoms with Crippen LogP contribution in [0.2, 0.25) is 0 Å². The molecule has 0 radical (unpaired) electrons. The number of rotatable bonds is 4. The minimum Gasteiger partial charge on any atom is -0.355 e. The van der Waals surface area contributed by atoms with E-state index >= 15 is 0 Å². The molecule has 1 aliphatic rings. The van der Waals surface area contributed by atoms with Crippen LogP contribution < -0.4 is 10.6 Å². The number of pyridine rings is 1. The van der Waals surface area contributed by atoms with E-state index < -0.39 is 0 Å². The summed E-state index contributed by atoms with van der Waals surface area (Å²) in [6.07, 6.45) is 1.23. The highest BCUT2D eigenvalue weighted by atomic mass is 32.2. The van der Waals surface area contributed by atoms with Gasteiger partial charge in [0.25, 0.3) is 0 Å². The van der Waals surface area contributed by atoms with Crippen LogP contribution in [0.1, 0.15) is 44.4 Å².